The molecule has 1 N–H and O–H groups in total. The van der Waals surface area contributed by atoms with Crippen molar-refractivity contribution in [2.45, 2.75) is 69.0 Å². The average Bonchev–Trinajstić information content (AvgIpc) is 3.14. The fraction of sp³-hybridized carbons (Fsp3) is 0.333. The molecule has 51 heavy (non-hydrogen) atoms. The average molecular weight is 753 g/mol. The van der Waals surface area contributed by atoms with E-state index in [-0.39, 0.29) is 41.2 Å². The summed E-state index contributed by atoms with van der Waals surface area (Å²) in [6.45, 7) is 1.27. The van der Waals surface area contributed by atoms with E-state index in [9.17, 15) is 18.0 Å². The van der Waals surface area contributed by atoms with Crippen LogP contribution in [0.4, 0.5) is 5.69 Å². The monoisotopic (exact) mass is 751 g/mol. The van der Waals surface area contributed by atoms with Gasteiger partial charge in [0, 0.05) is 25.1 Å². The lowest BCUT2D eigenvalue weighted by molar-refractivity contribution is -0.140. The maximum atomic E-state index is 14.8. The predicted molar refractivity (Wildman–Crippen MR) is 201 cm³/mol. The molecule has 0 bridgehead atoms. The molecule has 0 aliphatic heterocycles. The first-order valence-electron chi connectivity index (χ1n) is 16.9. The van der Waals surface area contributed by atoms with Gasteiger partial charge in [-0.05, 0) is 67.3 Å². The molecule has 0 spiro atoms. The molecule has 2 amide bonds. The van der Waals surface area contributed by atoms with Crippen LogP contribution in [0, 0.1) is 6.92 Å². The number of carbonyl (C=O) groups is 2. The molecule has 0 radical (unpaired) electrons. The molecule has 270 valence electrons. The van der Waals surface area contributed by atoms with E-state index in [1.165, 1.54) is 37.3 Å². The van der Waals surface area contributed by atoms with Crippen molar-refractivity contribution in [1.29, 1.82) is 0 Å². The Morgan fingerprint density at radius 1 is 0.824 bits per heavy atom. The number of sulfonamides is 1. The van der Waals surface area contributed by atoms with E-state index in [0.29, 0.717) is 21.4 Å². The minimum Gasteiger partial charge on any atom is -0.493 e. The smallest absolute Gasteiger partial charge is 0.264 e. The highest BCUT2D eigenvalue weighted by atomic mass is 35.5. The van der Waals surface area contributed by atoms with Crippen LogP contribution in [0.3, 0.4) is 0 Å². The van der Waals surface area contributed by atoms with E-state index in [1.54, 1.807) is 42.5 Å². The van der Waals surface area contributed by atoms with Crippen LogP contribution in [0.15, 0.2) is 95.9 Å². The molecule has 1 unspecified atom stereocenters. The van der Waals surface area contributed by atoms with Crippen molar-refractivity contribution in [3.8, 4) is 11.5 Å². The summed E-state index contributed by atoms with van der Waals surface area (Å²) in [5.41, 5.74) is 2.68. The normalized spacial score (nSPS) is 14.0. The Labute approximate surface area is 310 Å². The molecular formula is C39H43Cl2N3O6S. The number of hydrogen-bond acceptors (Lipinski definition) is 6. The van der Waals surface area contributed by atoms with Crippen LogP contribution in [-0.2, 0) is 32.6 Å². The molecule has 0 heterocycles. The fourth-order valence-electron chi connectivity index (χ4n) is 6.28. The lowest BCUT2D eigenvalue weighted by Crippen LogP contribution is -2.55. The largest absolute Gasteiger partial charge is 0.493 e. The first-order chi connectivity index (χ1) is 24.5. The minimum atomic E-state index is -4.35. The third-order valence-electron chi connectivity index (χ3n) is 9.10. The van der Waals surface area contributed by atoms with Gasteiger partial charge in [-0.15, -0.1) is 0 Å². The van der Waals surface area contributed by atoms with Crippen LogP contribution < -0.4 is 19.1 Å². The van der Waals surface area contributed by atoms with E-state index < -0.39 is 28.5 Å². The molecule has 0 aromatic heterocycles. The summed E-state index contributed by atoms with van der Waals surface area (Å²) in [6.07, 6.45) is 5.06. The summed E-state index contributed by atoms with van der Waals surface area (Å²) in [6, 6.07) is 24.6. The second-order valence-corrected chi connectivity index (χ2v) is 15.4. The number of benzene rings is 4. The Morgan fingerprint density at radius 3 is 2.16 bits per heavy atom. The number of nitrogens with zero attached hydrogens (tertiary/aromatic N) is 2. The number of nitrogens with one attached hydrogen (secondary N) is 1. The van der Waals surface area contributed by atoms with Gasteiger partial charge in [0.15, 0.2) is 11.5 Å². The summed E-state index contributed by atoms with van der Waals surface area (Å²) < 4.78 is 40.8. The Kier molecular flexibility index (Phi) is 12.9. The van der Waals surface area contributed by atoms with Crippen molar-refractivity contribution in [2.24, 2.45) is 0 Å². The van der Waals surface area contributed by atoms with Gasteiger partial charge in [0.25, 0.3) is 10.0 Å². The van der Waals surface area contributed by atoms with Gasteiger partial charge in [-0.3, -0.25) is 13.9 Å². The Morgan fingerprint density at radius 2 is 1.51 bits per heavy atom. The van der Waals surface area contributed by atoms with Gasteiger partial charge in [0.05, 0.1) is 34.8 Å². The highest BCUT2D eigenvalue weighted by molar-refractivity contribution is 7.92. The fourth-order valence-corrected chi connectivity index (χ4v) is 8.03. The molecule has 1 aliphatic carbocycles. The van der Waals surface area contributed by atoms with Crippen LogP contribution in [-0.4, -0.2) is 58.0 Å². The zero-order valence-corrected chi connectivity index (χ0v) is 31.3. The van der Waals surface area contributed by atoms with Crippen molar-refractivity contribution < 1.29 is 27.5 Å². The van der Waals surface area contributed by atoms with Crippen molar-refractivity contribution in [3.05, 3.63) is 118 Å². The lowest BCUT2D eigenvalue weighted by Gasteiger charge is -2.35. The van der Waals surface area contributed by atoms with Crippen molar-refractivity contribution in [2.75, 3.05) is 25.1 Å². The second kappa shape index (κ2) is 17.3. The third kappa shape index (κ3) is 9.55. The lowest BCUT2D eigenvalue weighted by atomic mass is 9.94. The van der Waals surface area contributed by atoms with Crippen molar-refractivity contribution >= 4 is 50.7 Å². The maximum Gasteiger partial charge on any atom is 0.264 e. The molecule has 1 atom stereocenters. The predicted octanol–water partition coefficient (Wildman–Crippen LogP) is 7.60. The Hall–Kier alpha value is -4.25. The number of amides is 2. The molecule has 1 fully saturated rings. The summed E-state index contributed by atoms with van der Waals surface area (Å²) in [5.74, 6) is -0.304. The maximum absolute atomic E-state index is 14.8. The van der Waals surface area contributed by atoms with Crippen LogP contribution in [0.25, 0.3) is 0 Å². The van der Waals surface area contributed by atoms with Gasteiger partial charge >= 0.3 is 0 Å². The quantitative estimate of drug-likeness (QED) is 0.142. The number of aryl methyl sites for hydroxylation is 1. The van der Waals surface area contributed by atoms with E-state index in [4.69, 9.17) is 32.7 Å². The molecule has 9 nitrogen and oxygen atoms in total. The molecule has 4 aromatic rings. The molecule has 1 saturated carbocycles. The number of carbonyl (C=O) groups excluding carboxylic acids is 2. The van der Waals surface area contributed by atoms with Crippen LogP contribution in [0.1, 0.15) is 48.8 Å². The van der Waals surface area contributed by atoms with E-state index in [1.807, 2.05) is 37.3 Å². The number of halogens is 2. The zero-order chi connectivity index (χ0) is 36.5. The van der Waals surface area contributed by atoms with Gasteiger partial charge in [-0.2, -0.15) is 0 Å². The standard InChI is InChI=1S/C39H43Cl2N3O6S/c1-27-14-17-31(18-15-27)44(51(47,48)32-19-21-36(49-2)37(24-32)50-3)26-38(45)43(25-29-16-20-33(40)34(41)22-29)35(23-28-10-6-4-7-11-28)39(46)42-30-12-8-5-9-13-30/h4,6-7,10-11,14-22,24,30,35H,5,8-9,12-13,23,25-26H2,1-3H3,(H,42,46). The third-order valence-corrected chi connectivity index (χ3v) is 11.6. The first-order valence-corrected chi connectivity index (χ1v) is 19.1. The highest BCUT2D eigenvalue weighted by Crippen LogP contribution is 2.33. The number of rotatable bonds is 14. The molecule has 5 rings (SSSR count). The SMILES string of the molecule is COc1ccc(S(=O)(=O)N(CC(=O)N(Cc2ccc(Cl)c(Cl)c2)C(Cc2ccccc2)C(=O)NC2CCCCC2)c2ccc(C)cc2)cc1OC. The summed E-state index contributed by atoms with van der Waals surface area (Å²) in [7, 11) is -1.48. The number of anilines is 1. The van der Waals surface area contributed by atoms with Crippen LogP contribution >= 0.6 is 23.2 Å². The zero-order valence-electron chi connectivity index (χ0n) is 29.0. The Balaban J connectivity index is 1.59. The number of hydrogen-bond donors (Lipinski definition) is 1. The molecular weight excluding hydrogens is 709 g/mol. The first kappa shape index (κ1) is 38.0. The number of ether oxygens (including phenoxy) is 2. The van der Waals surface area contributed by atoms with Gasteiger partial charge in [0.2, 0.25) is 11.8 Å². The van der Waals surface area contributed by atoms with E-state index >= 15 is 0 Å². The minimum absolute atomic E-state index is 0.0130. The molecule has 1 aliphatic rings. The van der Waals surface area contributed by atoms with Crippen LogP contribution in [0.5, 0.6) is 11.5 Å². The Bertz CT molecular complexity index is 1920. The van der Waals surface area contributed by atoms with Crippen molar-refractivity contribution in [3.63, 3.8) is 0 Å². The highest BCUT2D eigenvalue weighted by Gasteiger charge is 2.36. The van der Waals surface area contributed by atoms with Gasteiger partial charge in [-0.1, -0.05) is 96.6 Å². The molecule has 12 heteroatoms. The summed E-state index contributed by atoms with van der Waals surface area (Å²) in [4.78, 5) is 30.5. The van der Waals surface area contributed by atoms with E-state index in [0.717, 1.165) is 47.5 Å². The van der Waals surface area contributed by atoms with Gasteiger partial charge in [-0.25, -0.2) is 8.42 Å². The van der Waals surface area contributed by atoms with Gasteiger partial charge < -0.3 is 19.7 Å². The van der Waals surface area contributed by atoms with Gasteiger partial charge in [0.1, 0.15) is 12.6 Å². The second-order valence-electron chi connectivity index (χ2n) is 12.7. The van der Waals surface area contributed by atoms with E-state index in [2.05, 4.69) is 5.32 Å². The number of methoxy groups -OCH3 is 2. The summed E-state index contributed by atoms with van der Waals surface area (Å²) in [5, 5.41) is 3.86. The molecule has 0 saturated heterocycles. The van der Waals surface area contributed by atoms with Crippen molar-refractivity contribution in [1.82, 2.24) is 10.2 Å². The van der Waals surface area contributed by atoms with Crippen LogP contribution in [0.2, 0.25) is 10.0 Å². The topological polar surface area (TPSA) is 105 Å². The summed E-state index contributed by atoms with van der Waals surface area (Å²) >= 11 is 12.6. The molecule has 4 aromatic carbocycles.